The van der Waals surface area contributed by atoms with Gasteiger partial charge in [-0.1, -0.05) is 65.7 Å². The van der Waals surface area contributed by atoms with E-state index < -0.39 is 0 Å². The molecular formula is C33H38N2. The Balaban J connectivity index is 1.73. The Bertz CT molecular complexity index is 1280. The van der Waals surface area contributed by atoms with Crippen LogP contribution in [0.1, 0.15) is 58.4 Å². The fourth-order valence-corrected chi connectivity index (χ4v) is 6.71. The Kier molecular flexibility index (Phi) is 5.87. The van der Waals surface area contributed by atoms with Crippen molar-refractivity contribution < 1.29 is 0 Å². The number of fused-ring (bicyclic) bond motifs is 1. The number of hydrogen-bond acceptors (Lipinski definition) is 2. The highest BCUT2D eigenvalue weighted by molar-refractivity contribution is 5.97. The summed E-state index contributed by atoms with van der Waals surface area (Å²) >= 11 is 0. The summed E-state index contributed by atoms with van der Waals surface area (Å²) in [4.78, 5) is 5.32. The van der Waals surface area contributed by atoms with Crippen LogP contribution in [0.4, 0.5) is 11.4 Å². The molecule has 0 saturated carbocycles. The van der Waals surface area contributed by atoms with E-state index in [0.717, 1.165) is 13.1 Å². The summed E-state index contributed by atoms with van der Waals surface area (Å²) in [6.07, 6.45) is 2.57. The molecule has 180 valence electrons. The first kappa shape index (κ1) is 23.5. The molecule has 0 spiro atoms. The van der Waals surface area contributed by atoms with E-state index in [1.54, 1.807) is 0 Å². The molecule has 0 bridgehead atoms. The van der Waals surface area contributed by atoms with E-state index >= 15 is 0 Å². The van der Waals surface area contributed by atoms with Crippen LogP contribution in [0.25, 0.3) is 11.1 Å². The third-order valence-corrected chi connectivity index (χ3v) is 7.83. The number of anilines is 2. The fraction of sp³-hybridized carbons (Fsp3) is 0.333. The van der Waals surface area contributed by atoms with Crippen molar-refractivity contribution in [3.63, 3.8) is 0 Å². The highest BCUT2D eigenvalue weighted by Crippen LogP contribution is 2.43. The number of aryl methyl sites for hydroxylation is 6. The van der Waals surface area contributed by atoms with Gasteiger partial charge in [0.1, 0.15) is 6.17 Å². The average molecular weight is 463 g/mol. The zero-order chi connectivity index (χ0) is 25.0. The van der Waals surface area contributed by atoms with Gasteiger partial charge in [-0.2, -0.15) is 0 Å². The number of hydrogen-bond donors (Lipinski definition) is 0. The summed E-state index contributed by atoms with van der Waals surface area (Å²) < 4.78 is 0. The molecule has 1 saturated heterocycles. The quantitative estimate of drug-likeness (QED) is 0.388. The predicted molar refractivity (Wildman–Crippen MR) is 152 cm³/mol. The van der Waals surface area contributed by atoms with Crippen LogP contribution in [-0.2, 0) is 0 Å². The molecule has 2 heteroatoms. The van der Waals surface area contributed by atoms with E-state index in [4.69, 9.17) is 0 Å². The smallest absolute Gasteiger partial charge is 0.125 e. The Hall–Kier alpha value is -3.26. The van der Waals surface area contributed by atoms with Gasteiger partial charge in [0.2, 0.25) is 0 Å². The summed E-state index contributed by atoms with van der Waals surface area (Å²) in [6.45, 7) is 20.1. The van der Waals surface area contributed by atoms with Crippen molar-refractivity contribution in [3.05, 3.63) is 105 Å². The Morgan fingerprint density at radius 3 is 1.54 bits per heavy atom. The monoisotopic (exact) mass is 462 g/mol. The second-order valence-electron chi connectivity index (χ2n) is 10.7. The molecule has 3 aromatic rings. The number of benzene rings is 3. The van der Waals surface area contributed by atoms with Crippen LogP contribution < -0.4 is 9.80 Å². The van der Waals surface area contributed by atoms with Crippen LogP contribution in [0.5, 0.6) is 0 Å². The zero-order valence-corrected chi connectivity index (χ0v) is 22.6. The van der Waals surface area contributed by atoms with E-state index in [2.05, 4.69) is 120 Å². The summed E-state index contributed by atoms with van der Waals surface area (Å²) in [5.41, 5.74) is 17.8. The molecule has 0 radical (unpaired) electrons. The lowest BCUT2D eigenvalue weighted by Crippen LogP contribution is -2.41. The molecule has 3 aromatic carbocycles. The van der Waals surface area contributed by atoms with Crippen molar-refractivity contribution in [3.8, 4) is 0 Å². The summed E-state index contributed by atoms with van der Waals surface area (Å²) in [5.74, 6) is 0. The van der Waals surface area contributed by atoms with E-state index in [-0.39, 0.29) is 6.17 Å². The fourth-order valence-electron chi connectivity index (χ4n) is 6.71. The van der Waals surface area contributed by atoms with Gasteiger partial charge in [0.25, 0.3) is 0 Å². The molecule has 35 heavy (non-hydrogen) atoms. The van der Waals surface area contributed by atoms with Crippen LogP contribution in [0.15, 0.2) is 60.2 Å². The van der Waals surface area contributed by atoms with Crippen LogP contribution in [0.2, 0.25) is 0 Å². The number of allylic oxidation sites excluding steroid dienone is 3. The van der Waals surface area contributed by atoms with Crippen molar-refractivity contribution in [1.82, 2.24) is 0 Å². The lowest BCUT2D eigenvalue weighted by molar-refractivity contribution is 0.752. The molecule has 2 aliphatic rings. The predicted octanol–water partition coefficient (Wildman–Crippen LogP) is 8.08. The third kappa shape index (κ3) is 3.89. The summed E-state index contributed by atoms with van der Waals surface area (Å²) in [5, 5.41) is 0. The number of rotatable bonds is 3. The Morgan fingerprint density at radius 1 is 0.657 bits per heavy atom. The van der Waals surface area contributed by atoms with Gasteiger partial charge in [0.15, 0.2) is 0 Å². The van der Waals surface area contributed by atoms with Gasteiger partial charge in [-0.05, 0) is 105 Å². The maximum absolute atomic E-state index is 2.66. The molecule has 1 fully saturated rings. The molecule has 5 rings (SSSR count). The van der Waals surface area contributed by atoms with E-state index in [9.17, 15) is 0 Å². The van der Waals surface area contributed by atoms with Crippen molar-refractivity contribution in [2.45, 2.75) is 61.6 Å². The first-order valence-electron chi connectivity index (χ1n) is 12.8. The maximum atomic E-state index is 2.66. The van der Waals surface area contributed by atoms with Gasteiger partial charge < -0.3 is 9.80 Å². The van der Waals surface area contributed by atoms with Crippen molar-refractivity contribution in [2.75, 3.05) is 22.9 Å². The second-order valence-corrected chi connectivity index (χ2v) is 10.7. The highest BCUT2D eigenvalue weighted by atomic mass is 15.4. The van der Waals surface area contributed by atoms with Gasteiger partial charge in [-0.3, -0.25) is 0 Å². The van der Waals surface area contributed by atoms with Crippen LogP contribution in [-0.4, -0.2) is 19.3 Å². The lowest BCUT2D eigenvalue weighted by Gasteiger charge is -2.37. The minimum absolute atomic E-state index is 0.167. The Labute approximate surface area is 211 Å². The molecule has 1 heterocycles. The molecule has 0 N–H and O–H groups in total. The first-order chi connectivity index (χ1) is 16.7. The Morgan fingerprint density at radius 2 is 1.09 bits per heavy atom. The van der Waals surface area contributed by atoms with Gasteiger partial charge in [-0.15, -0.1) is 0 Å². The van der Waals surface area contributed by atoms with E-state index in [0.29, 0.717) is 0 Å². The molecule has 1 aliphatic heterocycles. The molecule has 1 aliphatic carbocycles. The SMILES string of the molecule is CC1=C/C(=C(/C)C2N(c3c(C)cc(C)cc3C)CCN2c2c(C)cc(C)cc2C)c2ccccc21. The molecule has 2 nitrogen and oxygen atoms in total. The number of nitrogens with zero attached hydrogens (tertiary/aromatic N) is 2. The largest absolute Gasteiger partial charge is 0.345 e. The minimum atomic E-state index is 0.167. The van der Waals surface area contributed by atoms with Gasteiger partial charge in [0.05, 0.1) is 0 Å². The van der Waals surface area contributed by atoms with Gasteiger partial charge in [-0.25, -0.2) is 0 Å². The van der Waals surface area contributed by atoms with Crippen molar-refractivity contribution in [2.24, 2.45) is 0 Å². The van der Waals surface area contributed by atoms with Crippen LogP contribution in [0, 0.1) is 41.5 Å². The summed E-state index contributed by atoms with van der Waals surface area (Å²) in [7, 11) is 0. The molecular weight excluding hydrogens is 424 g/mol. The van der Waals surface area contributed by atoms with Crippen molar-refractivity contribution in [1.29, 1.82) is 0 Å². The standard InChI is InChI=1S/C33H38N2/c1-20-15-23(4)31(24(5)16-20)34-13-14-35(32-25(6)17-21(2)18-26(32)7)33(34)27(8)30-19-22(3)28-11-9-10-12-29(28)30/h9-12,15-19,33H,13-14H2,1-8H3/b30-27+. The second kappa shape index (κ2) is 8.75. The van der Waals surface area contributed by atoms with Gasteiger partial charge in [0, 0.05) is 24.5 Å². The average Bonchev–Trinajstić information content (AvgIpc) is 3.34. The van der Waals surface area contributed by atoms with Crippen LogP contribution in [0.3, 0.4) is 0 Å². The topological polar surface area (TPSA) is 6.48 Å². The summed E-state index contributed by atoms with van der Waals surface area (Å²) in [6, 6.07) is 18.2. The van der Waals surface area contributed by atoms with Crippen molar-refractivity contribution >= 4 is 22.5 Å². The minimum Gasteiger partial charge on any atom is -0.345 e. The molecule has 0 aromatic heterocycles. The molecule has 0 amide bonds. The molecule has 0 unspecified atom stereocenters. The highest BCUT2D eigenvalue weighted by Gasteiger charge is 2.38. The van der Waals surface area contributed by atoms with Gasteiger partial charge >= 0.3 is 0 Å². The van der Waals surface area contributed by atoms with E-state index in [1.807, 2.05) is 0 Å². The maximum Gasteiger partial charge on any atom is 0.125 e. The van der Waals surface area contributed by atoms with E-state index in [1.165, 1.54) is 72.6 Å². The molecule has 0 atom stereocenters. The van der Waals surface area contributed by atoms with Crippen LogP contribution >= 0.6 is 0 Å². The third-order valence-electron chi connectivity index (χ3n) is 7.83. The first-order valence-corrected chi connectivity index (χ1v) is 12.8. The zero-order valence-electron chi connectivity index (χ0n) is 22.6. The normalized spacial score (nSPS) is 17.2. The lowest BCUT2D eigenvalue weighted by atomic mass is 9.97.